The first-order chi connectivity index (χ1) is 13.5. The number of amides is 2. The van der Waals surface area contributed by atoms with Crippen molar-refractivity contribution in [2.24, 2.45) is 5.92 Å². The molecular weight excluding hydrogens is 352 g/mol. The quantitative estimate of drug-likeness (QED) is 0.760. The topological polar surface area (TPSA) is 67.4 Å². The average Bonchev–Trinajstić information content (AvgIpc) is 3.21. The molecule has 5 heteroatoms. The molecule has 1 aliphatic carbocycles. The summed E-state index contributed by atoms with van der Waals surface area (Å²) in [5.41, 5.74) is 2.06. The second kappa shape index (κ2) is 9.40. The van der Waals surface area contributed by atoms with Crippen LogP contribution in [0.5, 0.6) is 11.5 Å². The highest BCUT2D eigenvalue weighted by Gasteiger charge is 2.31. The summed E-state index contributed by atoms with van der Waals surface area (Å²) in [5.74, 6) is 1.38. The lowest BCUT2D eigenvalue weighted by Crippen LogP contribution is -2.49. The maximum absolute atomic E-state index is 12.8. The fourth-order valence-electron chi connectivity index (χ4n) is 3.68. The van der Waals surface area contributed by atoms with Crippen molar-refractivity contribution >= 4 is 11.8 Å². The van der Waals surface area contributed by atoms with Crippen molar-refractivity contribution in [1.29, 1.82) is 0 Å². The summed E-state index contributed by atoms with van der Waals surface area (Å²) in [4.78, 5) is 24.3. The smallest absolute Gasteiger partial charge is 0.243 e. The Morgan fingerprint density at radius 3 is 2.43 bits per heavy atom. The summed E-state index contributed by atoms with van der Waals surface area (Å²) < 4.78 is 6.00. The molecule has 0 aromatic heterocycles. The summed E-state index contributed by atoms with van der Waals surface area (Å²) in [5, 5.41) is 5.82. The number of hydrogen-bond donors (Lipinski definition) is 2. The zero-order chi connectivity index (χ0) is 19.9. The van der Waals surface area contributed by atoms with Crippen LogP contribution < -0.4 is 15.4 Å². The minimum Gasteiger partial charge on any atom is -0.457 e. The normalized spacial score (nSPS) is 15.1. The molecule has 1 saturated carbocycles. The Bertz CT molecular complexity index is 811. The predicted molar refractivity (Wildman–Crippen MR) is 109 cm³/mol. The van der Waals surface area contributed by atoms with Crippen LogP contribution in [-0.2, 0) is 16.1 Å². The lowest BCUT2D eigenvalue weighted by molar-refractivity contribution is -0.129. The zero-order valence-corrected chi connectivity index (χ0v) is 16.5. The van der Waals surface area contributed by atoms with Gasteiger partial charge in [0.15, 0.2) is 0 Å². The van der Waals surface area contributed by atoms with Gasteiger partial charge >= 0.3 is 0 Å². The van der Waals surface area contributed by atoms with Crippen molar-refractivity contribution in [3.05, 3.63) is 59.7 Å². The monoisotopic (exact) mass is 380 g/mol. The van der Waals surface area contributed by atoms with E-state index in [1.165, 1.54) is 12.5 Å². The first-order valence-corrected chi connectivity index (χ1v) is 9.90. The van der Waals surface area contributed by atoms with E-state index in [4.69, 9.17) is 4.74 Å². The summed E-state index contributed by atoms with van der Waals surface area (Å²) >= 11 is 0. The SMILES string of the molecule is CC(=O)NC(C(=O)NCc1ccccc1Oc1ccc(C)cc1)C1CCCC1. The van der Waals surface area contributed by atoms with Gasteiger partial charge in [0.2, 0.25) is 11.8 Å². The molecule has 0 bridgehead atoms. The summed E-state index contributed by atoms with van der Waals surface area (Å²) in [6.45, 7) is 3.84. The second-order valence-electron chi connectivity index (χ2n) is 7.46. The van der Waals surface area contributed by atoms with Gasteiger partial charge in [-0.1, -0.05) is 48.7 Å². The van der Waals surface area contributed by atoms with Crippen molar-refractivity contribution in [2.45, 2.75) is 52.1 Å². The van der Waals surface area contributed by atoms with Gasteiger partial charge in [-0.2, -0.15) is 0 Å². The van der Waals surface area contributed by atoms with Crippen molar-refractivity contribution < 1.29 is 14.3 Å². The fraction of sp³-hybridized carbons (Fsp3) is 0.391. The Kier molecular flexibility index (Phi) is 6.69. The number of hydrogen-bond acceptors (Lipinski definition) is 3. The maximum atomic E-state index is 12.8. The van der Waals surface area contributed by atoms with Crippen molar-refractivity contribution in [3.8, 4) is 11.5 Å². The number of carbonyl (C=O) groups is 2. The Balaban J connectivity index is 1.66. The van der Waals surface area contributed by atoms with Gasteiger partial charge in [-0.25, -0.2) is 0 Å². The Hall–Kier alpha value is -2.82. The lowest BCUT2D eigenvalue weighted by Gasteiger charge is -2.23. The minimum atomic E-state index is -0.467. The lowest BCUT2D eigenvalue weighted by atomic mass is 9.97. The average molecular weight is 380 g/mol. The molecule has 1 unspecified atom stereocenters. The van der Waals surface area contributed by atoms with E-state index in [9.17, 15) is 9.59 Å². The molecule has 148 valence electrons. The maximum Gasteiger partial charge on any atom is 0.243 e. The molecule has 2 aromatic carbocycles. The number of nitrogens with one attached hydrogen (secondary N) is 2. The Labute approximate surface area is 166 Å². The van der Waals surface area contributed by atoms with E-state index in [0.29, 0.717) is 12.3 Å². The Morgan fingerprint density at radius 2 is 1.75 bits per heavy atom. The molecule has 28 heavy (non-hydrogen) atoms. The third kappa shape index (κ3) is 5.35. The highest BCUT2D eigenvalue weighted by Crippen LogP contribution is 2.28. The van der Waals surface area contributed by atoms with Crippen LogP contribution in [0.4, 0.5) is 0 Å². The van der Waals surface area contributed by atoms with Gasteiger partial charge in [-0.3, -0.25) is 9.59 Å². The van der Waals surface area contributed by atoms with Crippen LogP contribution in [-0.4, -0.2) is 17.9 Å². The number of aryl methyl sites for hydroxylation is 1. The molecule has 0 radical (unpaired) electrons. The van der Waals surface area contributed by atoms with E-state index >= 15 is 0 Å². The standard InChI is InChI=1S/C23H28N2O3/c1-16-11-13-20(14-12-16)28-21-10-6-5-9-19(21)15-24-23(27)22(25-17(2)26)18-7-3-4-8-18/h5-6,9-14,18,22H,3-4,7-8,15H2,1-2H3,(H,24,27)(H,25,26). The van der Waals surface area contributed by atoms with E-state index in [-0.39, 0.29) is 17.7 Å². The first kappa shape index (κ1) is 19.9. The number of para-hydroxylation sites is 1. The van der Waals surface area contributed by atoms with E-state index in [0.717, 1.165) is 37.0 Å². The summed E-state index contributed by atoms with van der Waals surface area (Å²) in [7, 11) is 0. The van der Waals surface area contributed by atoms with Crippen LogP contribution in [0, 0.1) is 12.8 Å². The molecule has 2 aromatic rings. The number of ether oxygens (including phenoxy) is 1. The number of benzene rings is 2. The van der Waals surface area contributed by atoms with Crippen LogP contribution in [0.15, 0.2) is 48.5 Å². The third-order valence-electron chi connectivity index (χ3n) is 5.19. The molecule has 1 atom stereocenters. The molecule has 3 rings (SSSR count). The number of carbonyl (C=O) groups excluding carboxylic acids is 2. The van der Waals surface area contributed by atoms with Crippen LogP contribution in [0.25, 0.3) is 0 Å². The van der Waals surface area contributed by atoms with E-state index < -0.39 is 6.04 Å². The van der Waals surface area contributed by atoms with Gasteiger partial charge in [0.1, 0.15) is 17.5 Å². The predicted octanol–water partition coefficient (Wildman–Crippen LogP) is 4.10. The van der Waals surface area contributed by atoms with Crippen molar-refractivity contribution in [2.75, 3.05) is 0 Å². The van der Waals surface area contributed by atoms with Gasteiger partial charge in [-0.05, 0) is 43.9 Å². The largest absolute Gasteiger partial charge is 0.457 e. The summed E-state index contributed by atoms with van der Waals surface area (Å²) in [6, 6.07) is 15.0. The van der Waals surface area contributed by atoms with Crippen LogP contribution >= 0.6 is 0 Å². The van der Waals surface area contributed by atoms with Crippen LogP contribution in [0.1, 0.15) is 43.7 Å². The third-order valence-corrected chi connectivity index (χ3v) is 5.19. The molecule has 0 saturated heterocycles. The van der Waals surface area contributed by atoms with Gasteiger partial charge in [0, 0.05) is 19.0 Å². The molecule has 2 amide bonds. The Morgan fingerprint density at radius 1 is 1.07 bits per heavy atom. The van der Waals surface area contributed by atoms with E-state index in [1.807, 2.05) is 55.5 Å². The van der Waals surface area contributed by atoms with Gasteiger partial charge < -0.3 is 15.4 Å². The van der Waals surface area contributed by atoms with Crippen LogP contribution in [0.2, 0.25) is 0 Å². The first-order valence-electron chi connectivity index (χ1n) is 9.90. The van der Waals surface area contributed by atoms with Crippen LogP contribution in [0.3, 0.4) is 0 Å². The number of rotatable bonds is 7. The van der Waals surface area contributed by atoms with Gasteiger partial charge in [0.25, 0.3) is 0 Å². The molecule has 2 N–H and O–H groups in total. The molecule has 5 nitrogen and oxygen atoms in total. The fourth-order valence-corrected chi connectivity index (χ4v) is 3.68. The zero-order valence-electron chi connectivity index (χ0n) is 16.5. The molecule has 0 spiro atoms. The molecule has 1 aliphatic rings. The summed E-state index contributed by atoms with van der Waals surface area (Å²) in [6.07, 6.45) is 4.18. The van der Waals surface area contributed by atoms with Gasteiger partial charge in [0.05, 0.1) is 0 Å². The van der Waals surface area contributed by atoms with Crippen molar-refractivity contribution in [1.82, 2.24) is 10.6 Å². The highest BCUT2D eigenvalue weighted by atomic mass is 16.5. The molecular formula is C23H28N2O3. The molecule has 0 aliphatic heterocycles. The van der Waals surface area contributed by atoms with Crippen molar-refractivity contribution in [3.63, 3.8) is 0 Å². The minimum absolute atomic E-state index is 0.132. The molecule has 0 heterocycles. The van der Waals surface area contributed by atoms with Gasteiger partial charge in [-0.15, -0.1) is 0 Å². The van der Waals surface area contributed by atoms with E-state index in [1.54, 1.807) is 0 Å². The molecule has 1 fully saturated rings. The highest BCUT2D eigenvalue weighted by molar-refractivity contribution is 5.87. The van der Waals surface area contributed by atoms with E-state index in [2.05, 4.69) is 10.6 Å². The second-order valence-corrected chi connectivity index (χ2v) is 7.46.